The second-order valence-corrected chi connectivity index (χ2v) is 11.7. The number of benzene rings is 4. The van der Waals surface area contributed by atoms with Crippen molar-refractivity contribution in [3.63, 3.8) is 0 Å². The number of nitrogens with zero attached hydrogens (tertiary/aromatic N) is 5. The van der Waals surface area contributed by atoms with Gasteiger partial charge in [0.2, 0.25) is 5.91 Å². The first-order valence-corrected chi connectivity index (χ1v) is 15.7. The largest absolute Gasteiger partial charge is 0.493 e. The number of rotatable bonds is 4. The third kappa shape index (κ3) is 6.16. The van der Waals surface area contributed by atoms with E-state index in [1.165, 1.54) is 18.2 Å². The molecule has 4 heterocycles. The van der Waals surface area contributed by atoms with Crippen LogP contribution in [-0.4, -0.2) is 63.7 Å². The summed E-state index contributed by atoms with van der Waals surface area (Å²) in [4.78, 5) is 28.8. The summed E-state index contributed by atoms with van der Waals surface area (Å²) in [5.41, 5.74) is 4.43. The van der Waals surface area contributed by atoms with Gasteiger partial charge in [-0.1, -0.05) is 24.3 Å². The summed E-state index contributed by atoms with van der Waals surface area (Å²) in [5.74, 6) is 1.44. The fourth-order valence-corrected chi connectivity index (χ4v) is 6.20. The van der Waals surface area contributed by atoms with E-state index in [1.807, 2.05) is 72.5 Å². The number of halogens is 1. The minimum Gasteiger partial charge on any atom is -0.493 e. The Morgan fingerprint density at radius 3 is 2.65 bits per heavy atom. The summed E-state index contributed by atoms with van der Waals surface area (Å²) in [7, 11) is 1.57. The molecule has 3 aliphatic heterocycles. The lowest BCUT2D eigenvalue weighted by Gasteiger charge is -2.38. The van der Waals surface area contributed by atoms with Crippen molar-refractivity contribution in [2.24, 2.45) is 0 Å². The Bertz CT molecular complexity index is 2000. The van der Waals surface area contributed by atoms with Crippen molar-refractivity contribution in [2.45, 2.75) is 32.2 Å². The van der Waals surface area contributed by atoms with Crippen molar-refractivity contribution in [1.82, 2.24) is 30.4 Å². The van der Waals surface area contributed by atoms with Crippen molar-refractivity contribution < 1.29 is 28.2 Å². The number of hydrogen-bond donors (Lipinski definition) is 1. The van der Waals surface area contributed by atoms with Crippen molar-refractivity contribution in [2.75, 3.05) is 26.8 Å². The highest BCUT2D eigenvalue weighted by Gasteiger charge is 2.33. The molecule has 4 aromatic carbocycles. The number of carbonyl (C=O) groups is 2. The van der Waals surface area contributed by atoms with Gasteiger partial charge < -0.3 is 24.4 Å². The molecule has 244 valence electrons. The second-order valence-electron chi connectivity index (χ2n) is 11.7. The smallest absolute Gasteiger partial charge is 0.254 e. The lowest BCUT2D eigenvalue weighted by atomic mass is 9.87. The van der Waals surface area contributed by atoms with Gasteiger partial charge in [0.05, 0.1) is 37.4 Å². The molecule has 2 amide bonds. The van der Waals surface area contributed by atoms with Crippen molar-refractivity contribution >= 4 is 11.8 Å². The van der Waals surface area contributed by atoms with Crippen molar-refractivity contribution in [3.8, 4) is 28.7 Å². The van der Waals surface area contributed by atoms with E-state index in [0.29, 0.717) is 48.2 Å². The molecule has 3 aliphatic rings. The molecule has 0 spiro atoms. The highest BCUT2D eigenvalue weighted by atomic mass is 19.1. The van der Waals surface area contributed by atoms with Gasteiger partial charge >= 0.3 is 0 Å². The fraction of sp³-hybridized carbons (Fsp3) is 0.250. The monoisotopic (exact) mass is 648 g/mol. The van der Waals surface area contributed by atoms with E-state index in [4.69, 9.17) is 14.2 Å². The van der Waals surface area contributed by atoms with Crippen LogP contribution in [0.3, 0.4) is 0 Å². The van der Waals surface area contributed by atoms with Gasteiger partial charge in [-0.2, -0.15) is 4.68 Å². The van der Waals surface area contributed by atoms with Crippen LogP contribution in [0, 0.1) is 12.7 Å². The van der Waals surface area contributed by atoms with Crippen LogP contribution in [0.2, 0.25) is 0 Å². The number of aryl methyl sites for hydroxylation is 1. The Hall–Kier alpha value is -5.78. The molecule has 0 saturated heterocycles. The molecule has 1 atom stereocenters. The molecule has 0 aliphatic carbocycles. The zero-order chi connectivity index (χ0) is 33.2. The zero-order valence-corrected chi connectivity index (χ0v) is 26.5. The number of tetrazole rings is 1. The van der Waals surface area contributed by atoms with Gasteiger partial charge in [-0.15, -0.1) is 5.10 Å². The lowest BCUT2D eigenvalue weighted by molar-refractivity contribution is -0.132. The molecule has 48 heavy (non-hydrogen) atoms. The SMILES string of the molecule is COc1ccc2cc1OCCCNC(=O)c1cc(ccc1F)Oc1ccc3c(c1)CCN(C(=O)Cc1ccc(-n4nnnc4C)cc1)C23. The highest BCUT2D eigenvalue weighted by molar-refractivity contribution is 5.94. The molecular formula is C36H33FN6O5. The summed E-state index contributed by atoms with van der Waals surface area (Å²) in [6.07, 6.45) is 1.28. The molecule has 12 heteroatoms. The van der Waals surface area contributed by atoms with Crippen LogP contribution in [0.15, 0.2) is 78.9 Å². The molecule has 1 aromatic heterocycles. The highest BCUT2D eigenvalue weighted by Crippen LogP contribution is 2.41. The zero-order valence-electron chi connectivity index (χ0n) is 26.5. The third-order valence-corrected chi connectivity index (χ3v) is 8.61. The number of methoxy groups -OCH3 is 1. The Morgan fingerprint density at radius 2 is 1.85 bits per heavy atom. The van der Waals surface area contributed by atoms with E-state index in [2.05, 4.69) is 20.8 Å². The molecular weight excluding hydrogens is 615 g/mol. The van der Waals surface area contributed by atoms with E-state index in [9.17, 15) is 14.0 Å². The Morgan fingerprint density at radius 1 is 1.04 bits per heavy atom. The summed E-state index contributed by atoms with van der Waals surface area (Å²) in [5, 5.41) is 14.4. The maximum atomic E-state index is 14.6. The van der Waals surface area contributed by atoms with E-state index < -0.39 is 17.8 Å². The first kappa shape index (κ1) is 30.9. The number of nitrogens with one attached hydrogen (secondary N) is 1. The van der Waals surface area contributed by atoms with Crippen LogP contribution in [0.1, 0.15) is 50.9 Å². The first-order valence-electron chi connectivity index (χ1n) is 15.7. The fourth-order valence-electron chi connectivity index (χ4n) is 6.20. The third-order valence-electron chi connectivity index (χ3n) is 8.61. The Labute approximate surface area is 276 Å². The van der Waals surface area contributed by atoms with E-state index in [0.717, 1.165) is 27.9 Å². The van der Waals surface area contributed by atoms with Gasteiger partial charge in [-0.25, -0.2) is 4.39 Å². The lowest BCUT2D eigenvalue weighted by Crippen LogP contribution is -2.41. The number of hydrogen-bond acceptors (Lipinski definition) is 8. The maximum Gasteiger partial charge on any atom is 0.254 e. The number of ether oxygens (including phenoxy) is 3. The predicted molar refractivity (Wildman–Crippen MR) is 173 cm³/mol. The quantitative estimate of drug-likeness (QED) is 0.285. The van der Waals surface area contributed by atoms with Crippen LogP contribution >= 0.6 is 0 Å². The minimum atomic E-state index is -0.636. The standard InChI is InChI=1S/C36H33FN6O5/c1-22-39-40-41-43(22)26-7-4-23(5-8-26)18-34(44)42-16-14-24-19-27-9-11-29(24)35(42)25-6-13-32(46-2)33(20-25)47-17-3-15-38-36(45)30-21-28(48-27)10-12-31(30)37/h4-13,19-21,35H,3,14-18H2,1-2H3,(H,38,45). The normalized spacial score (nSPS) is 15.9. The molecule has 1 unspecified atom stereocenters. The Kier molecular flexibility index (Phi) is 8.45. The van der Waals surface area contributed by atoms with E-state index in [1.54, 1.807) is 11.8 Å². The molecule has 0 radical (unpaired) electrons. The summed E-state index contributed by atoms with van der Waals surface area (Å²) >= 11 is 0. The van der Waals surface area contributed by atoms with E-state index >= 15 is 0 Å². The van der Waals surface area contributed by atoms with E-state index in [-0.39, 0.29) is 31.0 Å². The summed E-state index contributed by atoms with van der Waals surface area (Å²) in [6.45, 7) is 2.85. The van der Waals surface area contributed by atoms with Crippen LogP contribution in [0.25, 0.3) is 5.69 Å². The van der Waals surface area contributed by atoms with Crippen molar-refractivity contribution in [3.05, 3.63) is 118 Å². The number of carbonyl (C=O) groups excluding carboxylic acids is 2. The van der Waals surface area contributed by atoms with Crippen LogP contribution < -0.4 is 19.5 Å². The van der Waals surface area contributed by atoms with Crippen LogP contribution in [0.4, 0.5) is 4.39 Å². The molecule has 0 fully saturated rings. The number of aromatic nitrogens is 4. The molecule has 11 nitrogen and oxygen atoms in total. The number of fused-ring (bicyclic) bond motifs is 6. The van der Waals surface area contributed by atoms with Crippen LogP contribution in [-0.2, 0) is 17.6 Å². The van der Waals surface area contributed by atoms with Gasteiger partial charge in [0.25, 0.3) is 5.91 Å². The number of amides is 2. The van der Waals surface area contributed by atoms with Gasteiger partial charge in [0, 0.05) is 13.1 Å². The van der Waals surface area contributed by atoms with Crippen molar-refractivity contribution in [1.29, 1.82) is 0 Å². The maximum absolute atomic E-state index is 14.6. The van der Waals surface area contributed by atoms with Gasteiger partial charge in [0.15, 0.2) is 17.3 Å². The molecule has 5 aromatic rings. The second kappa shape index (κ2) is 13.1. The molecule has 0 saturated carbocycles. The molecule has 1 N–H and O–H groups in total. The average Bonchev–Trinajstić information content (AvgIpc) is 3.53. The first-order chi connectivity index (χ1) is 23.4. The minimum absolute atomic E-state index is 0.0210. The van der Waals surface area contributed by atoms with Gasteiger partial charge in [-0.3, -0.25) is 9.59 Å². The molecule has 8 bridgehead atoms. The van der Waals surface area contributed by atoms with Crippen LogP contribution in [0.5, 0.6) is 23.0 Å². The Balaban J connectivity index is 1.24. The average molecular weight is 649 g/mol. The predicted octanol–water partition coefficient (Wildman–Crippen LogP) is 5.14. The summed E-state index contributed by atoms with van der Waals surface area (Å²) < 4.78 is 34.1. The summed E-state index contributed by atoms with van der Waals surface area (Å²) in [6, 6.07) is 22.8. The topological polar surface area (TPSA) is 121 Å². The molecule has 8 rings (SSSR count). The van der Waals surface area contributed by atoms with Gasteiger partial charge in [-0.05, 0) is 107 Å². The van der Waals surface area contributed by atoms with Gasteiger partial charge in [0.1, 0.15) is 17.3 Å².